The second-order valence-electron chi connectivity index (χ2n) is 11.9. The van der Waals surface area contributed by atoms with E-state index in [-0.39, 0.29) is 16.5 Å². The minimum Gasteiger partial charge on any atom is -0.251 e. The SMILES string of the molecule is CCCCCCCCCCCCCCCCCCCC#CC(=N\c1ccccc1)/C(CCCCC)=N/c1ccccc1.[Ni]. The minimum atomic E-state index is 0. The third-order valence-corrected chi connectivity index (χ3v) is 7.92. The van der Waals surface area contributed by atoms with Crippen LogP contribution in [0.4, 0.5) is 11.4 Å². The van der Waals surface area contributed by atoms with Crippen molar-refractivity contribution in [2.75, 3.05) is 0 Å². The van der Waals surface area contributed by atoms with Gasteiger partial charge in [-0.1, -0.05) is 172 Å². The van der Waals surface area contributed by atoms with Crippen molar-refractivity contribution >= 4 is 22.8 Å². The van der Waals surface area contributed by atoms with E-state index in [4.69, 9.17) is 9.98 Å². The van der Waals surface area contributed by atoms with Crippen molar-refractivity contribution < 1.29 is 16.5 Å². The number of benzene rings is 2. The zero-order chi connectivity index (χ0) is 29.8. The van der Waals surface area contributed by atoms with E-state index in [0.717, 1.165) is 42.1 Å². The number of nitrogens with zero attached hydrogens (tertiary/aromatic N) is 2. The van der Waals surface area contributed by atoms with Crippen molar-refractivity contribution in [1.29, 1.82) is 0 Å². The summed E-state index contributed by atoms with van der Waals surface area (Å²) in [7, 11) is 0. The van der Waals surface area contributed by atoms with Gasteiger partial charge in [0.25, 0.3) is 0 Å². The van der Waals surface area contributed by atoms with E-state index in [9.17, 15) is 0 Å². The summed E-state index contributed by atoms with van der Waals surface area (Å²) in [6.45, 7) is 4.54. The van der Waals surface area contributed by atoms with Crippen LogP contribution in [0.1, 0.15) is 155 Å². The average Bonchev–Trinajstić information content (AvgIpc) is 3.02. The molecule has 0 N–H and O–H groups in total. The molecule has 43 heavy (non-hydrogen) atoms. The minimum absolute atomic E-state index is 0. The quantitative estimate of drug-likeness (QED) is 0.0479. The van der Waals surface area contributed by atoms with Gasteiger partial charge in [-0.2, -0.15) is 0 Å². The standard InChI is InChI=1S/C40H60N2.Ni/c1-3-5-7-8-9-10-11-12-13-14-15-16-17-18-19-20-21-22-30-36-40(42-38-33-28-24-29-34-38)39(35-25-6-4-2)41-37-31-26-23-27-32-37;/h23-24,26-29,31-34H,3-22,25,35H2,1-2H3;/b41-39+,42-40+;. The molecule has 0 aliphatic heterocycles. The van der Waals surface area contributed by atoms with Gasteiger partial charge in [-0.15, -0.1) is 0 Å². The van der Waals surface area contributed by atoms with E-state index >= 15 is 0 Å². The normalized spacial score (nSPS) is 11.6. The Hall–Kier alpha value is -2.17. The molecule has 0 aliphatic rings. The van der Waals surface area contributed by atoms with Crippen molar-refractivity contribution in [3.05, 3.63) is 60.7 Å². The van der Waals surface area contributed by atoms with E-state index in [2.05, 4.69) is 37.8 Å². The summed E-state index contributed by atoms with van der Waals surface area (Å²) in [4.78, 5) is 9.97. The third kappa shape index (κ3) is 21.2. The average molecular weight is 628 g/mol. The van der Waals surface area contributed by atoms with Gasteiger partial charge < -0.3 is 0 Å². The van der Waals surface area contributed by atoms with E-state index in [1.54, 1.807) is 0 Å². The first kappa shape index (κ1) is 38.9. The molecule has 2 nitrogen and oxygen atoms in total. The first-order chi connectivity index (χ1) is 20.8. The molecule has 0 heterocycles. The fourth-order valence-electron chi connectivity index (χ4n) is 5.31. The Kier molecular flexibility index (Phi) is 25.8. The number of hydrogen-bond donors (Lipinski definition) is 0. The van der Waals surface area contributed by atoms with Crippen LogP contribution in [0.15, 0.2) is 70.6 Å². The molecule has 0 aromatic heterocycles. The van der Waals surface area contributed by atoms with Crippen molar-refractivity contribution in [2.45, 2.75) is 155 Å². The number of hydrogen-bond acceptors (Lipinski definition) is 2. The van der Waals surface area contributed by atoms with Crippen LogP contribution in [0, 0.1) is 11.8 Å². The smallest absolute Gasteiger partial charge is 0.135 e. The molecular weight excluding hydrogens is 567 g/mol. The van der Waals surface area contributed by atoms with Crippen molar-refractivity contribution in [2.24, 2.45) is 9.98 Å². The Morgan fingerprint density at radius 1 is 0.488 bits per heavy atom. The van der Waals surface area contributed by atoms with Gasteiger partial charge in [-0.05, 0) is 49.4 Å². The fraction of sp³-hybridized carbons (Fsp3) is 0.600. The maximum Gasteiger partial charge on any atom is 0.135 e. The van der Waals surface area contributed by atoms with E-state index < -0.39 is 0 Å². The summed E-state index contributed by atoms with van der Waals surface area (Å²) >= 11 is 0. The van der Waals surface area contributed by atoms with Gasteiger partial charge in [-0.3, -0.25) is 4.99 Å². The van der Waals surface area contributed by atoms with Gasteiger partial charge in [0, 0.05) is 22.9 Å². The number of unbranched alkanes of at least 4 members (excludes halogenated alkanes) is 19. The van der Waals surface area contributed by atoms with Gasteiger partial charge in [0.05, 0.1) is 17.1 Å². The second kappa shape index (κ2) is 28.6. The van der Waals surface area contributed by atoms with Crippen LogP contribution < -0.4 is 0 Å². The Labute approximate surface area is 276 Å². The molecule has 2 rings (SSSR count). The molecule has 0 atom stereocenters. The van der Waals surface area contributed by atoms with Gasteiger partial charge in [0.15, 0.2) is 0 Å². The third-order valence-electron chi connectivity index (χ3n) is 7.92. The Bertz CT molecular complexity index is 1020. The van der Waals surface area contributed by atoms with Crippen LogP contribution in [0.2, 0.25) is 0 Å². The molecule has 0 fully saturated rings. The number of rotatable bonds is 24. The molecule has 0 saturated heterocycles. The maximum absolute atomic E-state index is 5.01. The second-order valence-corrected chi connectivity index (χ2v) is 11.9. The molecule has 0 unspecified atom stereocenters. The summed E-state index contributed by atoms with van der Waals surface area (Å²) in [5.41, 5.74) is 3.75. The molecule has 3 heteroatoms. The van der Waals surface area contributed by atoms with Crippen LogP contribution in [-0.2, 0) is 16.5 Å². The van der Waals surface area contributed by atoms with Crippen LogP contribution in [0.25, 0.3) is 0 Å². The monoisotopic (exact) mass is 626 g/mol. The van der Waals surface area contributed by atoms with E-state index in [0.29, 0.717) is 0 Å². The van der Waals surface area contributed by atoms with Gasteiger partial charge in [0.1, 0.15) is 5.71 Å². The van der Waals surface area contributed by atoms with Gasteiger partial charge in [-0.25, -0.2) is 4.99 Å². The molecular formula is C40H60N2Ni. The number of aliphatic imine (C=N–C) groups is 2. The summed E-state index contributed by atoms with van der Waals surface area (Å²) in [5, 5.41) is 0. The molecule has 0 saturated carbocycles. The van der Waals surface area contributed by atoms with Gasteiger partial charge >= 0.3 is 0 Å². The predicted octanol–water partition coefficient (Wildman–Crippen LogP) is 13.2. The molecule has 0 amide bonds. The molecule has 240 valence electrons. The predicted molar refractivity (Wildman–Crippen MR) is 188 cm³/mol. The maximum atomic E-state index is 5.01. The Morgan fingerprint density at radius 3 is 1.35 bits per heavy atom. The van der Waals surface area contributed by atoms with Crippen LogP contribution >= 0.6 is 0 Å². The van der Waals surface area contributed by atoms with Gasteiger partial charge in [0.2, 0.25) is 0 Å². The fourth-order valence-corrected chi connectivity index (χ4v) is 5.31. The Balaban J connectivity index is 0.00000924. The summed E-state index contributed by atoms with van der Waals surface area (Å²) in [6.07, 6.45) is 29.1. The van der Waals surface area contributed by atoms with Crippen LogP contribution in [-0.4, -0.2) is 11.4 Å². The van der Waals surface area contributed by atoms with Crippen molar-refractivity contribution in [1.82, 2.24) is 0 Å². The van der Waals surface area contributed by atoms with E-state index in [1.807, 2.05) is 48.5 Å². The molecule has 0 aliphatic carbocycles. The summed E-state index contributed by atoms with van der Waals surface area (Å²) in [5.74, 6) is 6.89. The summed E-state index contributed by atoms with van der Waals surface area (Å²) < 4.78 is 0. The summed E-state index contributed by atoms with van der Waals surface area (Å²) in [6, 6.07) is 20.4. The molecule has 0 bridgehead atoms. The number of para-hydroxylation sites is 2. The first-order valence-corrected chi connectivity index (χ1v) is 17.6. The molecule has 2 aromatic rings. The Morgan fingerprint density at radius 2 is 0.884 bits per heavy atom. The topological polar surface area (TPSA) is 24.7 Å². The molecule has 0 spiro atoms. The van der Waals surface area contributed by atoms with Crippen LogP contribution in [0.3, 0.4) is 0 Å². The largest absolute Gasteiger partial charge is 0.251 e. The zero-order valence-electron chi connectivity index (χ0n) is 27.5. The van der Waals surface area contributed by atoms with Crippen LogP contribution in [0.5, 0.6) is 0 Å². The molecule has 0 radical (unpaired) electrons. The van der Waals surface area contributed by atoms with Crippen molar-refractivity contribution in [3.63, 3.8) is 0 Å². The first-order valence-electron chi connectivity index (χ1n) is 17.6. The van der Waals surface area contributed by atoms with E-state index in [1.165, 1.54) is 122 Å². The zero-order valence-corrected chi connectivity index (χ0v) is 28.5. The van der Waals surface area contributed by atoms with Crippen molar-refractivity contribution in [3.8, 4) is 11.8 Å². The molecule has 2 aromatic carbocycles.